The minimum absolute atomic E-state index is 0.0185. The Morgan fingerprint density at radius 3 is 2.52 bits per heavy atom. The first-order valence-electron chi connectivity index (χ1n) is 8.51. The maximum atomic E-state index is 14.2. The van der Waals surface area contributed by atoms with E-state index in [0.29, 0.717) is 21.2 Å². The van der Waals surface area contributed by atoms with E-state index >= 15 is 0 Å². The second-order valence-electron chi connectivity index (χ2n) is 5.90. The quantitative estimate of drug-likeness (QED) is 0.476. The molecule has 3 rings (SSSR count). The summed E-state index contributed by atoms with van der Waals surface area (Å²) >= 11 is 1.06. The number of rotatable bonds is 6. The highest BCUT2D eigenvalue weighted by molar-refractivity contribution is 7.21. The van der Waals surface area contributed by atoms with Crippen molar-refractivity contribution < 1.29 is 28.2 Å². The Morgan fingerprint density at radius 1 is 1.03 bits per heavy atom. The molecule has 3 aromatic rings. The summed E-state index contributed by atoms with van der Waals surface area (Å²) in [5.41, 5.74) is 5.12. The number of amides is 2. The molecule has 150 valence electrons. The van der Waals surface area contributed by atoms with Gasteiger partial charge in [-0.2, -0.15) is 0 Å². The molecule has 7 nitrogen and oxygen atoms in total. The minimum atomic E-state index is -0.776. The standard InChI is InChI=1S/C20H17FN2O5S/c1-27-10-13-17-14(21)8-5-9-15(17)29-18(13)20(26)28-11-16(24)22-23-19(25)12-6-3-2-4-7-12/h2-9H,10-11H2,1H3,(H,22,24)(H,23,25). The van der Waals surface area contributed by atoms with Gasteiger partial charge in [-0.15, -0.1) is 11.3 Å². The molecule has 0 spiro atoms. The highest BCUT2D eigenvalue weighted by atomic mass is 32.1. The number of hydrogen-bond donors (Lipinski definition) is 2. The number of benzene rings is 2. The largest absolute Gasteiger partial charge is 0.451 e. The van der Waals surface area contributed by atoms with Gasteiger partial charge in [-0.1, -0.05) is 24.3 Å². The van der Waals surface area contributed by atoms with Crippen LogP contribution < -0.4 is 10.9 Å². The smallest absolute Gasteiger partial charge is 0.349 e. The average Bonchev–Trinajstić information content (AvgIpc) is 3.11. The van der Waals surface area contributed by atoms with Crippen LogP contribution in [0.15, 0.2) is 48.5 Å². The van der Waals surface area contributed by atoms with Gasteiger partial charge < -0.3 is 9.47 Å². The maximum Gasteiger partial charge on any atom is 0.349 e. The molecule has 2 amide bonds. The van der Waals surface area contributed by atoms with Crippen LogP contribution in [0.4, 0.5) is 4.39 Å². The minimum Gasteiger partial charge on any atom is -0.451 e. The van der Waals surface area contributed by atoms with Gasteiger partial charge >= 0.3 is 5.97 Å². The first kappa shape index (κ1) is 20.4. The number of carbonyl (C=O) groups excluding carboxylic acids is 3. The van der Waals surface area contributed by atoms with Crippen molar-refractivity contribution in [2.45, 2.75) is 6.61 Å². The van der Waals surface area contributed by atoms with Gasteiger partial charge in [-0.25, -0.2) is 9.18 Å². The fraction of sp³-hybridized carbons (Fsp3) is 0.150. The summed E-state index contributed by atoms with van der Waals surface area (Å²) in [6.07, 6.45) is 0. The molecule has 0 atom stereocenters. The topological polar surface area (TPSA) is 93.7 Å². The normalized spacial score (nSPS) is 10.6. The van der Waals surface area contributed by atoms with E-state index in [9.17, 15) is 18.8 Å². The summed E-state index contributed by atoms with van der Waals surface area (Å²) in [5.74, 6) is -2.47. The molecule has 0 fully saturated rings. The molecule has 0 aliphatic rings. The summed E-state index contributed by atoms with van der Waals surface area (Å²) in [7, 11) is 1.43. The Hall–Kier alpha value is -3.30. The lowest BCUT2D eigenvalue weighted by Crippen LogP contribution is -2.43. The Labute approximate surface area is 169 Å². The van der Waals surface area contributed by atoms with Crippen molar-refractivity contribution in [1.82, 2.24) is 10.9 Å². The third-order valence-electron chi connectivity index (χ3n) is 3.92. The number of esters is 1. The monoisotopic (exact) mass is 416 g/mol. The van der Waals surface area contributed by atoms with Crippen LogP contribution in [0, 0.1) is 5.82 Å². The molecule has 0 radical (unpaired) electrons. The van der Waals surface area contributed by atoms with Crippen molar-refractivity contribution in [2.75, 3.05) is 13.7 Å². The number of methoxy groups -OCH3 is 1. The number of fused-ring (bicyclic) bond motifs is 1. The SMILES string of the molecule is COCc1c(C(=O)OCC(=O)NNC(=O)c2ccccc2)sc2cccc(F)c12. The van der Waals surface area contributed by atoms with E-state index in [1.807, 2.05) is 0 Å². The number of nitrogens with one attached hydrogen (secondary N) is 2. The summed E-state index contributed by atoms with van der Waals surface area (Å²) < 4.78 is 24.8. The van der Waals surface area contributed by atoms with Gasteiger partial charge in [0.25, 0.3) is 11.8 Å². The highest BCUT2D eigenvalue weighted by Crippen LogP contribution is 2.34. The predicted octanol–water partition coefficient (Wildman–Crippen LogP) is 2.80. The molecule has 0 aliphatic carbocycles. The third kappa shape index (κ3) is 4.76. The Kier molecular flexibility index (Phi) is 6.53. The van der Waals surface area contributed by atoms with Crippen molar-refractivity contribution in [1.29, 1.82) is 0 Å². The number of hydrazine groups is 1. The van der Waals surface area contributed by atoms with Crippen molar-refractivity contribution in [3.8, 4) is 0 Å². The molecule has 1 heterocycles. The summed E-state index contributed by atoms with van der Waals surface area (Å²) in [6.45, 7) is -0.595. The van der Waals surface area contributed by atoms with E-state index in [4.69, 9.17) is 9.47 Å². The van der Waals surface area contributed by atoms with E-state index in [-0.39, 0.29) is 11.5 Å². The molecule has 0 aliphatic heterocycles. The zero-order valence-electron chi connectivity index (χ0n) is 15.4. The van der Waals surface area contributed by atoms with Crippen LogP contribution in [0.25, 0.3) is 10.1 Å². The molecule has 2 aromatic carbocycles. The first-order valence-corrected chi connectivity index (χ1v) is 9.33. The van der Waals surface area contributed by atoms with Crippen LogP contribution >= 0.6 is 11.3 Å². The van der Waals surface area contributed by atoms with Crippen molar-refractivity contribution in [3.63, 3.8) is 0 Å². The number of hydrogen-bond acceptors (Lipinski definition) is 6. The number of halogens is 1. The van der Waals surface area contributed by atoms with Crippen molar-refractivity contribution >= 4 is 39.2 Å². The van der Waals surface area contributed by atoms with E-state index in [1.54, 1.807) is 42.5 Å². The zero-order chi connectivity index (χ0) is 20.8. The lowest BCUT2D eigenvalue weighted by atomic mass is 10.1. The number of ether oxygens (including phenoxy) is 2. The van der Waals surface area contributed by atoms with Gasteiger partial charge in [0.15, 0.2) is 6.61 Å². The van der Waals surface area contributed by atoms with Crippen LogP contribution in [0.2, 0.25) is 0 Å². The van der Waals surface area contributed by atoms with E-state index in [2.05, 4.69) is 10.9 Å². The Bertz CT molecular complexity index is 1050. The molecular weight excluding hydrogens is 399 g/mol. The summed E-state index contributed by atoms with van der Waals surface area (Å²) in [5, 5.41) is 0.297. The second kappa shape index (κ2) is 9.26. The van der Waals surface area contributed by atoms with Gasteiger partial charge in [-0.05, 0) is 24.3 Å². The van der Waals surface area contributed by atoms with Gasteiger partial charge in [0.2, 0.25) is 0 Å². The molecule has 0 saturated heterocycles. The first-order chi connectivity index (χ1) is 14.0. The van der Waals surface area contributed by atoms with Crippen LogP contribution in [0.3, 0.4) is 0 Å². The number of carbonyl (C=O) groups is 3. The van der Waals surface area contributed by atoms with Crippen LogP contribution in [-0.4, -0.2) is 31.5 Å². The van der Waals surface area contributed by atoms with Crippen molar-refractivity contribution in [3.05, 3.63) is 70.4 Å². The van der Waals surface area contributed by atoms with Gasteiger partial charge in [0.05, 0.1) is 6.61 Å². The summed E-state index contributed by atoms with van der Waals surface area (Å²) in [6, 6.07) is 12.8. The predicted molar refractivity (Wildman–Crippen MR) is 105 cm³/mol. The van der Waals surface area contributed by atoms with Gasteiger partial charge in [0.1, 0.15) is 10.7 Å². The maximum absolute atomic E-state index is 14.2. The molecular formula is C20H17FN2O5S. The molecule has 9 heteroatoms. The van der Waals surface area contributed by atoms with E-state index in [1.165, 1.54) is 13.2 Å². The molecule has 29 heavy (non-hydrogen) atoms. The Morgan fingerprint density at radius 2 is 1.79 bits per heavy atom. The van der Waals surface area contributed by atoms with Crippen LogP contribution in [-0.2, 0) is 20.9 Å². The number of thiophene rings is 1. The molecule has 0 bridgehead atoms. The molecule has 2 N–H and O–H groups in total. The van der Waals surface area contributed by atoms with E-state index < -0.39 is 30.2 Å². The average molecular weight is 416 g/mol. The lowest BCUT2D eigenvalue weighted by Gasteiger charge is -2.08. The Balaban J connectivity index is 1.62. The summed E-state index contributed by atoms with van der Waals surface area (Å²) in [4.78, 5) is 36.3. The van der Waals surface area contributed by atoms with Crippen LogP contribution in [0.1, 0.15) is 25.6 Å². The van der Waals surface area contributed by atoms with Gasteiger partial charge in [-0.3, -0.25) is 20.4 Å². The fourth-order valence-electron chi connectivity index (χ4n) is 2.64. The van der Waals surface area contributed by atoms with Gasteiger partial charge in [0, 0.05) is 28.3 Å². The highest BCUT2D eigenvalue weighted by Gasteiger charge is 2.22. The van der Waals surface area contributed by atoms with E-state index in [0.717, 1.165) is 11.3 Å². The molecule has 1 aromatic heterocycles. The molecule has 0 saturated carbocycles. The van der Waals surface area contributed by atoms with Crippen molar-refractivity contribution in [2.24, 2.45) is 0 Å². The lowest BCUT2D eigenvalue weighted by molar-refractivity contribution is -0.125. The fourth-order valence-corrected chi connectivity index (χ4v) is 3.75. The zero-order valence-corrected chi connectivity index (χ0v) is 16.2. The molecule has 0 unspecified atom stereocenters. The van der Waals surface area contributed by atoms with Crippen LogP contribution in [0.5, 0.6) is 0 Å². The third-order valence-corrected chi connectivity index (χ3v) is 5.10. The second-order valence-corrected chi connectivity index (χ2v) is 6.95.